The van der Waals surface area contributed by atoms with Gasteiger partial charge in [0.25, 0.3) is 0 Å². The second-order valence-electron chi connectivity index (χ2n) is 8.85. The summed E-state index contributed by atoms with van der Waals surface area (Å²) in [5.41, 5.74) is 3.30. The first-order valence-corrected chi connectivity index (χ1v) is 11.8. The van der Waals surface area contributed by atoms with Crippen molar-refractivity contribution in [3.63, 3.8) is 0 Å². The van der Waals surface area contributed by atoms with Gasteiger partial charge in [-0.15, -0.1) is 0 Å². The summed E-state index contributed by atoms with van der Waals surface area (Å²) in [5.74, 6) is 1.29. The molecule has 2 N–H and O–H groups in total. The van der Waals surface area contributed by atoms with Crippen LogP contribution in [-0.4, -0.2) is 52.7 Å². The van der Waals surface area contributed by atoms with Crippen molar-refractivity contribution < 1.29 is 9.59 Å². The van der Waals surface area contributed by atoms with Gasteiger partial charge < -0.3 is 10.6 Å². The van der Waals surface area contributed by atoms with E-state index in [4.69, 9.17) is 4.98 Å². The molecule has 32 heavy (non-hydrogen) atoms. The van der Waals surface area contributed by atoms with Crippen molar-refractivity contribution in [2.24, 2.45) is 5.92 Å². The van der Waals surface area contributed by atoms with Crippen LogP contribution in [0.25, 0.3) is 0 Å². The molecule has 170 valence electrons. The lowest BCUT2D eigenvalue weighted by Crippen LogP contribution is -2.43. The van der Waals surface area contributed by atoms with Gasteiger partial charge in [0.15, 0.2) is 5.78 Å². The van der Waals surface area contributed by atoms with Crippen molar-refractivity contribution in [1.29, 1.82) is 0 Å². The molecule has 0 aliphatic carbocycles. The Morgan fingerprint density at radius 2 is 2.09 bits per heavy atom. The van der Waals surface area contributed by atoms with Crippen LogP contribution in [0, 0.1) is 5.92 Å². The van der Waals surface area contributed by atoms with Crippen molar-refractivity contribution in [2.45, 2.75) is 51.5 Å². The molecule has 1 atom stereocenters. The molecule has 0 radical (unpaired) electrons. The summed E-state index contributed by atoms with van der Waals surface area (Å²) < 4.78 is 0. The Balaban J connectivity index is 1.20. The van der Waals surface area contributed by atoms with Crippen LogP contribution in [0.1, 0.15) is 55.5 Å². The van der Waals surface area contributed by atoms with Crippen molar-refractivity contribution in [3.05, 3.63) is 53.5 Å². The molecule has 2 aromatic heterocycles. The number of amides is 1. The van der Waals surface area contributed by atoms with E-state index in [9.17, 15) is 9.59 Å². The predicted octanol–water partition coefficient (Wildman–Crippen LogP) is 2.93. The number of carbonyl (C=O) groups is 2. The molecule has 2 aliphatic rings. The fourth-order valence-corrected chi connectivity index (χ4v) is 4.79. The molecule has 1 unspecified atom stereocenters. The first kappa shape index (κ1) is 22.4. The lowest BCUT2D eigenvalue weighted by Gasteiger charge is -2.36. The van der Waals surface area contributed by atoms with E-state index < -0.39 is 0 Å². The zero-order chi connectivity index (χ0) is 22.3. The van der Waals surface area contributed by atoms with Gasteiger partial charge in [-0.1, -0.05) is 12.1 Å². The van der Waals surface area contributed by atoms with Gasteiger partial charge in [-0.05, 0) is 81.8 Å². The van der Waals surface area contributed by atoms with Crippen molar-refractivity contribution in [2.75, 3.05) is 31.5 Å². The van der Waals surface area contributed by atoms with E-state index in [1.807, 2.05) is 12.1 Å². The summed E-state index contributed by atoms with van der Waals surface area (Å²) in [4.78, 5) is 36.0. The number of hydrogen-bond donors (Lipinski definition) is 2. The first-order chi connectivity index (χ1) is 15.6. The van der Waals surface area contributed by atoms with Crippen LogP contribution in [0.2, 0.25) is 0 Å². The summed E-state index contributed by atoms with van der Waals surface area (Å²) in [6, 6.07) is 7.83. The molecule has 1 amide bonds. The highest BCUT2D eigenvalue weighted by atomic mass is 16.2. The van der Waals surface area contributed by atoms with E-state index in [1.54, 1.807) is 19.3 Å². The maximum absolute atomic E-state index is 12.6. The Hall–Kier alpha value is -2.80. The number of likely N-dealkylation sites (tertiary alicyclic amines) is 1. The van der Waals surface area contributed by atoms with Crippen LogP contribution in [0.5, 0.6) is 0 Å². The number of Topliss-reactive ketones (excluding diaryl/α,β-unsaturated/α-hetero) is 1. The quantitative estimate of drug-likeness (QED) is 0.620. The number of rotatable bonds is 8. The Bertz CT molecular complexity index is 925. The predicted molar refractivity (Wildman–Crippen MR) is 124 cm³/mol. The fraction of sp³-hybridized carbons (Fsp3) is 0.520. The zero-order valence-corrected chi connectivity index (χ0v) is 18.8. The molecule has 0 saturated carbocycles. The Morgan fingerprint density at radius 3 is 2.84 bits per heavy atom. The van der Waals surface area contributed by atoms with Gasteiger partial charge in [-0.3, -0.25) is 19.5 Å². The number of hydrogen-bond acceptors (Lipinski definition) is 6. The molecular formula is C25H33N5O2. The number of piperidine rings is 1. The van der Waals surface area contributed by atoms with E-state index in [0.717, 1.165) is 75.2 Å². The molecule has 4 rings (SSSR count). The molecular weight excluding hydrogens is 402 g/mol. The first-order valence-electron chi connectivity index (χ1n) is 11.8. The van der Waals surface area contributed by atoms with E-state index in [0.29, 0.717) is 6.54 Å². The minimum Gasteiger partial charge on any atom is -0.370 e. The number of nitrogens with zero attached hydrogens (tertiary/aromatic N) is 3. The number of ketones is 1. The van der Waals surface area contributed by atoms with Crippen LogP contribution >= 0.6 is 0 Å². The number of aromatic nitrogens is 2. The van der Waals surface area contributed by atoms with E-state index in [-0.39, 0.29) is 23.7 Å². The maximum atomic E-state index is 12.6. The maximum Gasteiger partial charge on any atom is 0.223 e. The minimum atomic E-state index is -0.272. The molecule has 4 heterocycles. The average molecular weight is 436 g/mol. The summed E-state index contributed by atoms with van der Waals surface area (Å²) in [5, 5.41) is 6.48. The van der Waals surface area contributed by atoms with Crippen molar-refractivity contribution in [1.82, 2.24) is 20.2 Å². The fourth-order valence-electron chi connectivity index (χ4n) is 4.79. The van der Waals surface area contributed by atoms with Gasteiger partial charge in [0.2, 0.25) is 5.91 Å². The van der Waals surface area contributed by atoms with Crippen LogP contribution in [0.3, 0.4) is 0 Å². The van der Waals surface area contributed by atoms with E-state index >= 15 is 0 Å². The second kappa shape index (κ2) is 10.7. The lowest BCUT2D eigenvalue weighted by molar-refractivity contribution is -0.127. The topological polar surface area (TPSA) is 87.2 Å². The number of anilines is 1. The smallest absolute Gasteiger partial charge is 0.223 e. The Kier molecular flexibility index (Phi) is 7.47. The van der Waals surface area contributed by atoms with Crippen molar-refractivity contribution in [3.8, 4) is 0 Å². The molecule has 0 spiro atoms. The largest absolute Gasteiger partial charge is 0.370 e. The third-order valence-corrected chi connectivity index (χ3v) is 6.51. The van der Waals surface area contributed by atoms with Gasteiger partial charge in [0.05, 0.1) is 6.04 Å². The minimum absolute atomic E-state index is 0.0128. The van der Waals surface area contributed by atoms with E-state index in [1.165, 1.54) is 5.56 Å². The average Bonchev–Trinajstić information content (AvgIpc) is 2.82. The Labute approximate surface area is 190 Å². The van der Waals surface area contributed by atoms with Gasteiger partial charge in [0.1, 0.15) is 5.82 Å². The SMILES string of the molecule is CC(=O)C(c1cccnc1)N1CCC(C(=O)NCCCc2ccc3c(n2)NCCC3)CC1. The third kappa shape index (κ3) is 5.51. The summed E-state index contributed by atoms with van der Waals surface area (Å²) in [6.07, 6.45) is 9.02. The molecule has 0 bridgehead atoms. The van der Waals surface area contributed by atoms with Crippen LogP contribution in [0.4, 0.5) is 5.82 Å². The van der Waals surface area contributed by atoms with Gasteiger partial charge in [-0.2, -0.15) is 0 Å². The van der Waals surface area contributed by atoms with Gasteiger partial charge in [0, 0.05) is 37.1 Å². The molecule has 7 nitrogen and oxygen atoms in total. The van der Waals surface area contributed by atoms with E-state index in [2.05, 4.69) is 32.7 Å². The van der Waals surface area contributed by atoms with Gasteiger partial charge >= 0.3 is 0 Å². The molecule has 1 saturated heterocycles. The van der Waals surface area contributed by atoms with Crippen LogP contribution < -0.4 is 10.6 Å². The second-order valence-corrected chi connectivity index (χ2v) is 8.85. The molecule has 1 fully saturated rings. The number of aryl methyl sites for hydroxylation is 2. The summed E-state index contributed by atoms with van der Waals surface area (Å²) in [7, 11) is 0. The Morgan fingerprint density at radius 1 is 1.25 bits per heavy atom. The zero-order valence-electron chi connectivity index (χ0n) is 18.8. The normalized spacial score (nSPS) is 17.8. The molecule has 2 aliphatic heterocycles. The highest BCUT2D eigenvalue weighted by Crippen LogP contribution is 2.27. The summed E-state index contributed by atoms with van der Waals surface area (Å²) in [6.45, 7) is 4.77. The number of carbonyl (C=O) groups excluding carboxylic acids is 2. The number of nitrogens with one attached hydrogen (secondary N) is 2. The van der Waals surface area contributed by atoms with Crippen molar-refractivity contribution >= 4 is 17.5 Å². The third-order valence-electron chi connectivity index (χ3n) is 6.51. The molecule has 0 aromatic carbocycles. The standard InChI is InChI=1S/C25H33N5O2/c1-18(31)23(21-6-2-12-26-17-21)30-15-10-20(11-16-30)25(32)28-14-4-7-22-9-8-19-5-3-13-27-24(19)29-22/h2,6,8-9,12,17,20,23H,3-5,7,10-11,13-16H2,1H3,(H,27,29)(H,28,32). The van der Waals surface area contributed by atoms with Crippen LogP contribution in [0.15, 0.2) is 36.7 Å². The van der Waals surface area contributed by atoms with Gasteiger partial charge in [-0.25, -0.2) is 4.98 Å². The lowest BCUT2D eigenvalue weighted by atomic mass is 9.92. The molecule has 7 heteroatoms. The van der Waals surface area contributed by atoms with Crippen LogP contribution in [-0.2, 0) is 22.4 Å². The highest BCUT2D eigenvalue weighted by molar-refractivity contribution is 5.83. The summed E-state index contributed by atoms with van der Waals surface area (Å²) >= 11 is 0. The monoisotopic (exact) mass is 435 g/mol. The number of fused-ring (bicyclic) bond motifs is 1. The highest BCUT2D eigenvalue weighted by Gasteiger charge is 2.31. The number of pyridine rings is 2. The molecule has 2 aromatic rings.